The van der Waals surface area contributed by atoms with Crippen LogP contribution in [0.15, 0.2) is 52.9 Å². The molecule has 1 heterocycles. The van der Waals surface area contributed by atoms with Crippen molar-refractivity contribution in [3.8, 4) is 17.1 Å². The van der Waals surface area contributed by atoms with Crippen LogP contribution in [0.5, 0.6) is 5.75 Å². The Morgan fingerprint density at radius 1 is 1.22 bits per heavy atom. The zero-order chi connectivity index (χ0) is 18.8. The summed E-state index contributed by atoms with van der Waals surface area (Å²) in [6, 6.07) is 15.3. The van der Waals surface area contributed by atoms with Gasteiger partial charge in [0.05, 0.1) is 11.7 Å². The van der Waals surface area contributed by atoms with E-state index in [1.807, 2.05) is 49.4 Å². The third kappa shape index (κ3) is 3.58. The molecule has 4 rings (SSSR count). The number of phenols is 1. The van der Waals surface area contributed by atoms with Crippen molar-refractivity contribution in [1.82, 2.24) is 10.3 Å². The first-order valence-electron chi connectivity index (χ1n) is 9.23. The Morgan fingerprint density at radius 3 is 2.85 bits per heavy atom. The van der Waals surface area contributed by atoms with Crippen LogP contribution in [-0.4, -0.2) is 16.0 Å². The first-order chi connectivity index (χ1) is 13.1. The van der Waals surface area contributed by atoms with Gasteiger partial charge in [0.25, 0.3) is 0 Å². The summed E-state index contributed by atoms with van der Waals surface area (Å²) in [5.41, 5.74) is 3.78. The minimum absolute atomic E-state index is 0.0340. The number of carbonyl (C=O) groups is 1. The standard InChI is InChI=1S/C22H22N2O3/c1-14-22(15-6-3-2-4-7-15)27-21(23-14)13-12-20(26)24-18-11-10-17-16(18)8-5-9-19(17)25/h2-9,18,25H,10-13H2,1H3,(H,24,26). The second-order valence-corrected chi connectivity index (χ2v) is 6.89. The molecule has 1 aliphatic carbocycles. The number of aromatic hydroxyl groups is 1. The molecule has 27 heavy (non-hydrogen) atoms. The molecule has 0 saturated heterocycles. The van der Waals surface area contributed by atoms with Crippen LogP contribution in [0.3, 0.4) is 0 Å². The molecule has 0 aliphatic heterocycles. The van der Waals surface area contributed by atoms with Gasteiger partial charge in [0.1, 0.15) is 5.75 Å². The van der Waals surface area contributed by atoms with E-state index in [-0.39, 0.29) is 11.9 Å². The van der Waals surface area contributed by atoms with Crippen molar-refractivity contribution in [2.75, 3.05) is 0 Å². The normalized spacial score (nSPS) is 15.5. The maximum atomic E-state index is 12.4. The monoisotopic (exact) mass is 362 g/mol. The van der Waals surface area contributed by atoms with Crippen LogP contribution in [0.2, 0.25) is 0 Å². The maximum absolute atomic E-state index is 12.4. The highest BCUT2D eigenvalue weighted by Crippen LogP contribution is 2.36. The maximum Gasteiger partial charge on any atom is 0.220 e. The average molecular weight is 362 g/mol. The van der Waals surface area contributed by atoms with Gasteiger partial charge < -0.3 is 14.8 Å². The predicted octanol–water partition coefficient (Wildman–Crippen LogP) is 4.09. The van der Waals surface area contributed by atoms with Gasteiger partial charge in [-0.05, 0) is 37.0 Å². The van der Waals surface area contributed by atoms with Crippen LogP contribution in [0.1, 0.15) is 41.6 Å². The second kappa shape index (κ2) is 7.27. The molecule has 0 spiro atoms. The van der Waals surface area contributed by atoms with Gasteiger partial charge in [-0.1, -0.05) is 42.5 Å². The van der Waals surface area contributed by atoms with E-state index >= 15 is 0 Å². The van der Waals surface area contributed by atoms with E-state index in [1.165, 1.54) is 0 Å². The highest BCUT2D eigenvalue weighted by molar-refractivity contribution is 5.77. The molecule has 0 radical (unpaired) electrons. The third-order valence-electron chi connectivity index (χ3n) is 5.02. The average Bonchev–Trinajstić information content (AvgIpc) is 3.25. The summed E-state index contributed by atoms with van der Waals surface area (Å²) in [6.07, 6.45) is 2.37. The minimum atomic E-state index is -0.0363. The molecule has 1 aliphatic rings. The lowest BCUT2D eigenvalue weighted by Gasteiger charge is -2.14. The Kier molecular flexibility index (Phi) is 4.67. The van der Waals surface area contributed by atoms with Gasteiger partial charge in [-0.25, -0.2) is 4.98 Å². The zero-order valence-corrected chi connectivity index (χ0v) is 15.2. The van der Waals surface area contributed by atoms with Gasteiger partial charge in [0.15, 0.2) is 11.7 Å². The summed E-state index contributed by atoms with van der Waals surface area (Å²) in [7, 11) is 0. The van der Waals surface area contributed by atoms with Gasteiger partial charge >= 0.3 is 0 Å². The first kappa shape index (κ1) is 17.3. The molecule has 1 aromatic heterocycles. The van der Waals surface area contributed by atoms with E-state index in [0.717, 1.165) is 41.0 Å². The summed E-state index contributed by atoms with van der Waals surface area (Å²) in [5.74, 6) is 1.61. The molecule has 2 N–H and O–H groups in total. The largest absolute Gasteiger partial charge is 0.508 e. The summed E-state index contributed by atoms with van der Waals surface area (Å²) >= 11 is 0. The molecule has 2 aromatic carbocycles. The van der Waals surface area contributed by atoms with Gasteiger partial charge in [0.2, 0.25) is 5.91 Å². The van der Waals surface area contributed by atoms with Crippen LogP contribution >= 0.6 is 0 Å². The molecule has 5 heteroatoms. The van der Waals surface area contributed by atoms with Crippen LogP contribution in [-0.2, 0) is 17.6 Å². The number of fused-ring (bicyclic) bond motifs is 1. The fraction of sp³-hybridized carbons (Fsp3) is 0.273. The molecule has 0 fully saturated rings. The Bertz CT molecular complexity index is 963. The van der Waals surface area contributed by atoms with Gasteiger partial charge in [0, 0.05) is 18.4 Å². The Balaban J connectivity index is 1.38. The fourth-order valence-corrected chi connectivity index (χ4v) is 3.69. The van der Waals surface area contributed by atoms with Crippen LogP contribution < -0.4 is 5.32 Å². The zero-order valence-electron chi connectivity index (χ0n) is 15.2. The number of hydrogen-bond donors (Lipinski definition) is 2. The van der Waals surface area contributed by atoms with Crippen molar-refractivity contribution in [2.45, 2.75) is 38.6 Å². The van der Waals surface area contributed by atoms with E-state index in [0.29, 0.717) is 24.5 Å². The number of nitrogens with zero attached hydrogens (tertiary/aromatic N) is 1. The first-order valence-corrected chi connectivity index (χ1v) is 9.23. The topological polar surface area (TPSA) is 75.4 Å². The predicted molar refractivity (Wildman–Crippen MR) is 102 cm³/mol. The van der Waals surface area contributed by atoms with E-state index in [4.69, 9.17) is 4.42 Å². The Labute approximate surface area is 158 Å². The van der Waals surface area contributed by atoms with Crippen LogP contribution in [0.25, 0.3) is 11.3 Å². The lowest BCUT2D eigenvalue weighted by Crippen LogP contribution is -2.27. The van der Waals surface area contributed by atoms with E-state index in [9.17, 15) is 9.90 Å². The fourth-order valence-electron chi connectivity index (χ4n) is 3.69. The minimum Gasteiger partial charge on any atom is -0.508 e. The quantitative estimate of drug-likeness (QED) is 0.717. The molecule has 0 bridgehead atoms. The molecular weight excluding hydrogens is 340 g/mol. The van der Waals surface area contributed by atoms with Gasteiger partial charge in [-0.3, -0.25) is 4.79 Å². The number of benzene rings is 2. The molecule has 3 aromatic rings. The van der Waals surface area contributed by atoms with E-state index in [1.54, 1.807) is 6.07 Å². The molecule has 1 amide bonds. The lowest BCUT2D eigenvalue weighted by atomic mass is 10.1. The second-order valence-electron chi connectivity index (χ2n) is 6.89. The SMILES string of the molecule is Cc1nc(CCC(=O)NC2CCc3c(O)cccc32)oc1-c1ccccc1. The summed E-state index contributed by atoms with van der Waals surface area (Å²) in [4.78, 5) is 16.8. The van der Waals surface area contributed by atoms with Gasteiger partial charge in [-0.2, -0.15) is 0 Å². The number of carbonyl (C=O) groups excluding carboxylic acids is 1. The van der Waals surface area contributed by atoms with Crippen LogP contribution in [0, 0.1) is 6.92 Å². The summed E-state index contributed by atoms with van der Waals surface area (Å²) in [6.45, 7) is 1.91. The Hall–Kier alpha value is -3.08. The molecule has 1 atom stereocenters. The molecular formula is C22H22N2O3. The number of hydrogen-bond acceptors (Lipinski definition) is 4. The number of aromatic nitrogens is 1. The summed E-state index contributed by atoms with van der Waals surface area (Å²) < 4.78 is 5.87. The number of rotatable bonds is 5. The smallest absolute Gasteiger partial charge is 0.220 e. The van der Waals surface area contributed by atoms with Crippen molar-refractivity contribution in [3.63, 3.8) is 0 Å². The number of phenolic OH excluding ortho intramolecular Hbond substituents is 1. The van der Waals surface area contributed by atoms with E-state index < -0.39 is 0 Å². The van der Waals surface area contributed by atoms with Crippen molar-refractivity contribution >= 4 is 5.91 Å². The van der Waals surface area contributed by atoms with Crippen molar-refractivity contribution in [1.29, 1.82) is 0 Å². The molecule has 5 nitrogen and oxygen atoms in total. The molecule has 1 unspecified atom stereocenters. The van der Waals surface area contributed by atoms with Crippen molar-refractivity contribution < 1.29 is 14.3 Å². The highest BCUT2D eigenvalue weighted by Gasteiger charge is 2.26. The van der Waals surface area contributed by atoms with E-state index in [2.05, 4.69) is 10.3 Å². The highest BCUT2D eigenvalue weighted by atomic mass is 16.4. The number of oxazole rings is 1. The van der Waals surface area contributed by atoms with Gasteiger partial charge in [-0.15, -0.1) is 0 Å². The molecule has 138 valence electrons. The number of nitrogens with one attached hydrogen (secondary N) is 1. The number of aryl methyl sites for hydroxylation is 2. The Morgan fingerprint density at radius 2 is 2.04 bits per heavy atom. The lowest BCUT2D eigenvalue weighted by molar-refractivity contribution is -0.121. The molecule has 0 saturated carbocycles. The number of amides is 1. The third-order valence-corrected chi connectivity index (χ3v) is 5.02. The summed E-state index contributed by atoms with van der Waals surface area (Å²) in [5, 5.41) is 13.0. The van der Waals surface area contributed by atoms with Crippen LogP contribution in [0.4, 0.5) is 0 Å². The van der Waals surface area contributed by atoms with Crippen molar-refractivity contribution in [2.24, 2.45) is 0 Å². The van der Waals surface area contributed by atoms with Crippen molar-refractivity contribution in [3.05, 3.63) is 71.2 Å².